The van der Waals surface area contributed by atoms with Gasteiger partial charge >= 0.3 is 0 Å². The first kappa shape index (κ1) is 16.9. The highest BCUT2D eigenvalue weighted by molar-refractivity contribution is 9.10. The minimum Gasteiger partial charge on any atom is -0.314 e. The quantitative estimate of drug-likeness (QED) is 0.653. The Bertz CT molecular complexity index is 559. The highest BCUT2D eigenvalue weighted by Crippen LogP contribution is 2.19. The number of hydrogen-bond acceptors (Lipinski definition) is 3. The molecular weight excluding hydrogens is 352 g/mol. The molecule has 0 radical (unpaired) electrons. The van der Waals surface area contributed by atoms with Crippen molar-refractivity contribution in [1.82, 2.24) is 10.0 Å². The second kappa shape index (κ2) is 7.72. The van der Waals surface area contributed by atoms with E-state index in [4.69, 9.17) is 0 Å². The first-order valence-corrected chi connectivity index (χ1v) is 9.90. The van der Waals surface area contributed by atoms with E-state index in [9.17, 15) is 8.42 Å². The van der Waals surface area contributed by atoms with Gasteiger partial charge in [0.25, 0.3) is 0 Å². The van der Waals surface area contributed by atoms with Gasteiger partial charge < -0.3 is 5.32 Å². The number of hydrogen-bond donors (Lipinski definition) is 2. The van der Waals surface area contributed by atoms with Crippen LogP contribution >= 0.6 is 15.9 Å². The zero-order chi connectivity index (χ0) is 15.3. The van der Waals surface area contributed by atoms with Crippen molar-refractivity contribution in [3.05, 3.63) is 34.3 Å². The summed E-state index contributed by atoms with van der Waals surface area (Å²) >= 11 is 3.40. The molecule has 1 aliphatic carbocycles. The highest BCUT2D eigenvalue weighted by atomic mass is 79.9. The van der Waals surface area contributed by atoms with Crippen LogP contribution in [-0.4, -0.2) is 26.8 Å². The number of unbranched alkanes of at least 4 members (excludes halogenated alkanes) is 1. The van der Waals surface area contributed by atoms with Gasteiger partial charge in [0.1, 0.15) is 0 Å². The fourth-order valence-electron chi connectivity index (χ4n) is 2.18. The van der Waals surface area contributed by atoms with Crippen LogP contribution in [0.25, 0.3) is 0 Å². The molecule has 1 fully saturated rings. The summed E-state index contributed by atoms with van der Waals surface area (Å²) in [5.41, 5.74) is 0.961. The molecule has 1 atom stereocenters. The predicted molar refractivity (Wildman–Crippen MR) is 89.7 cm³/mol. The van der Waals surface area contributed by atoms with Crippen LogP contribution in [0.4, 0.5) is 0 Å². The Morgan fingerprint density at radius 1 is 1.33 bits per heavy atom. The van der Waals surface area contributed by atoms with E-state index >= 15 is 0 Å². The van der Waals surface area contributed by atoms with Gasteiger partial charge in [0.15, 0.2) is 0 Å². The molecule has 0 aliphatic heterocycles. The van der Waals surface area contributed by atoms with Crippen molar-refractivity contribution < 1.29 is 8.42 Å². The number of benzene rings is 1. The summed E-state index contributed by atoms with van der Waals surface area (Å²) in [4.78, 5) is 0. The van der Waals surface area contributed by atoms with E-state index in [-0.39, 0.29) is 11.8 Å². The van der Waals surface area contributed by atoms with E-state index in [2.05, 4.69) is 26.0 Å². The fourth-order valence-corrected chi connectivity index (χ4v) is 3.98. The maximum atomic E-state index is 12.1. The topological polar surface area (TPSA) is 58.2 Å². The summed E-state index contributed by atoms with van der Waals surface area (Å²) < 4.78 is 27.8. The summed E-state index contributed by atoms with van der Waals surface area (Å²) in [7, 11) is -3.22. The molecule has 0 heterocycles. The Kier molecular flexibility index (Phi) is 6.22. The average molecular weight is 375 g/mol. The molecule has 0 spiro atoms. The molecule has 1 aromatic rings. The highest BCUT2D eigenvalue weighted by Gasteiger charge is 2.20. The van der Waals surface area contributed by atoms with Gasteiger partial charge in [-0.3, -0.25) is 0 Å². The largest absolute Gasteiger partial charge is 0.314 e. The van der Waals surface area contributed by atoms with E-state index in [1.165, 1.54) is 12.8 Å². The van der Waals surface area contributed by atoms with Crippen LogP contribution in [0, 0.1) is 0 Å². The van der Waals surface area contributed by atoms with Gasteiger partial charge in [-0.25, -0.2) is 13.1 Å². The number of sulfonamides is 1. The molecule has 21 heavy (non-hydrogen) atoms. The van der Waals surface area contributed by atoms with E-state index in [0.717, 1.165) is 23.0 Å². The van der Waals surface area contributed by atoms with Gasteiger partial charge in [-0.1, -0.05) is 28.1 Å². The Balaban J connectivity index is 1.73. The van der Waals surface area contributed by atoms with E-state index in [1.54, 1.807) is 0 Å². The summed E-state index contributed by atoms with van der Waals surface area (Å²) in [5.74, 6) is 0.192. The van der Waals surface area contributed by atoms with Crippen molar-refractivity contribution in [3.8, 4) is 0 Å². The van der Waals surface area contributed by atoms with Crippen molar-refractivity contribution in [3.63, 3.8) is 0 Å². The smallest absolute Gasteiger partial charge is 0.212 e. The van der Waals surface area contributed by atoms with Crippen LogP contribution in [0.1, 0.15) is 44.2 Å². The molecular formula is C15H23BrN2O2S. The molecule has 1 aromatic carbocycles. The lowest BCUT2D eigenvalue weighted by Crippen LogP contribution is -2.29. The molecule has 6 heteroatoms. The lowest BCUT2D eigenvalue weighted by atomic mass is 10.1. The Morgan fingerprint density at radius 3 is 2.76 bits per heavy atom. The Hall–Kier alpha value is -0.430. The Morgan fingerprint density at radius 2 is 2.10 bits per heavy atom. The fraction of sp³-hybridized carbons (Fsp3) is 0.600. The predicted octanol–water partition coefficient (Wildman–Crippen LogP) is 2.96. The summed E-state index contributed by atoms with van der Waals surface area (Å²) in [6, 6.07) is 8.18. The Labute approximate surface area is 135 Å². The lowest BCUT2D eigenvalue weighted by molar-refractivity contribution is 0.560. The number of halogens is 1. The second-order valence-electron chi connectivity index (χ2n) is 5.65. The molecule has 1 aliphatic rings. The number of rotatable bonds is 9. The molecule has 2 rings (SSSR count). The van der Waals surface area contributed by atoms with Crippen LogP contribution in [0.5, 0.6) is 0 Å². The maximum Gasteiger partial charge on any atom is 0.212 e. The third-order valence-electron chi connectivity index (χ3n) is 3.56. The molecule has 118 valence electrons. The molecule has 4 nitrogen and oxygen atoms in total. The first-order chi connectivity index (χ1) is 9.96. The van der Waals surface area contributed by atoms with E-state index < -0.39 is 10.0 Å². The van der Waals surface area contributed by atoms with E-state index in [0.29, 0.717) is 12.5 Å². The molecule has 0 amide bonds. The lowest BCUT2D eigenvalue weighted by Gasteiger charge is -2.15. The third-order valence-corrected chi connectivity index (χ3v) is 5.59. The van der Waals surface area contributed by atoms with Crippen molar-refractivity contribution in [1.29, 1.82) is 0 Å². The molecule has 0 bridgehead atoms. The zero-order valence-electron chi connectivity index (χ0n) is 12.3. The summed E-state index contributed by atoms with van der Waals surface area (Å²) in [5, 5.41) is 3.40. The van der Waals surface area contributed by atoms with Crippen molar-refractivity contribution in [2.75, 3.05) is 12.3 Å². The van der Waals surface area contributed by atoms with Gasteiger partial charge in [-0.05, 0) is 56.8 Å². The maximum absolute atomic E-state index is 12.1. The number of nitrogens with one attached hydrogen (secondary N) is 2. The first-order valence-electron chi connectivity index (χ1n) is 7.45. The van der Waals surface area contributed by atoms with Crippen molar-refractivity contribution in [2.45, 2.75) is 44.7 Å². The second-order valence-corrected chi connectivity index (χ2v) is 8.44. The van der Waals surface area contributed by atoms with Gasteiger partial charge in [0.2, 0.25) is 10.0 Å². The monoisotopic (exact) mass is 374 g/mol. The SMILES string of the molecule is CC(NS(=O)(=O)CCCCNC1CC1)c1cccc(Br)c1. The minimum atomic E-state index is -3.22. The van der Waals surface area contributed by atoms with E-state index in [1.807, 2.05) is 31.2 Å². The van der Waals surface area contributed by atoms with Crippen molar-refractivity contribution >= 4 is 26.0 Å². The van der Waals surface area contributed by atoms with Crippen LogP contribution in [0.2, 0.25) is 0 Å². The molecule has 1 saturated carbocycles. The molecule has 0 aromatic heterocycles. The minimum absolute atomic E-state index is 0.192. The van der Waals surface area contributed by atoms with Crippen LogP contribution in [0.15, 0.2) is 28.7 Å². The van der Waals surface area contributed by atoms with Gasteiger partial charge in [-0.15, -0.1) is 0 Å². The van der Waals surface area contributed by atoms with Gasteiger partial charge in [0.05, 0.1) is 5.75 Å². The van der Waals surface area contributed by atoms with Crippen molar-refractivity contribution in [2.24, 2.45) is 0 Å². The van der Waals surface area contributed by atoms with Crippen LogP contribution in [0.3, 0.4) is 0 Å². The molecule has 2 N–H and O–H groups in total. The average Bonchev–Trinajstić information content (AvgIpc) is 3.22. The third kappa shape index (κ3) is 6.46. The molecule has 0 saturated heterocycles. The standard InChI is InChI=1S/C15H23BrN2O2S/c1-12(13-5-4-6-14(16)11-13)18-21(19,20)10-3-2-9-17-15-7-8-15/h4-6,11-12,15,17-18H,2-3,7-10H2,1H3. The summed E-state index contributed by atoms with van der Waals surface area (Å²) in [6.07, 6.45) is 4.14. The summed E-state index contributed by atoms with van der Waals surface area (Å²) in [6.45, 7) is 2.79. The van der Waals surface area contributed by atoms with Gasteiger partial charge in [0, 0.05) is 16.6 Å². The normalized spacial score (nSPS) is 16.9. The van der Waals surface area contributed by atoms with Crippen LogP contribution < -0.4 is 10.0 Å². The zero-order valence-corrected chi connectivity index (χ0v) is 14.7. The molecule has 1 unspecified atom stereocenters. The van der Waals surface area contributed by atoms with Gasteiger partial charge in [-0.2, -0.15) is 0 Å². The van der Waals surface area contributed by atoms with Crippen LogP contribution in [-0.2, 0) is 10.0 Å².